The van der Waals surface area contributed by atoms with Crippen molar-refractivity contribution in [3.8, 4) is 23.7 Å². The molecule has 122 valence electrons. The van der Waals surface area contributed by atoms with Crippen LogP contribution < -0.4 is 0 Å². The van der Waals surface area contributed by atoms with Crippen LogP contribution in [0.3, 0.4) is 0 Å². The molecule has 0 saturated heterocycles. The topological polar surface area (TPSA) is 40.5 Å². The van der Waals surface area contributed by atoms with Gasteiger partial charge in [0, 0.05) is 0 Å². The average molecular weight is 302 g/mol. The third-order valence-electron chi connectivity index (χ3n) is 3.09. The maximum Gasteiger partial charge on any atom is 0.124 e. The largest absolute Gasteiger partial charge is 0.378 e. The lowest BCUT2D eigenvalue weighted by Gasteiger charge is -2.15. The number of aliphatic hydroxyl groups is 2. The first-order valence-corrected chi connectivity index (χ1v) is 7.80. The SMILES string of the molecule is CC(C)=CCCC(C)(O)C#CC#CC(C)(O)CCC=C(C)C. The highest BCUT2D eigenvalue weighted by Gasteiger charge is 2.16. The molecule has 0 aliphatic carbocycles. The van der Waals surface area contributed by atoms with E-state index in [4.69, 9.17) is 0 Å². The Bertz CT molecular complexity index is 468. The van der Waals surface area contributed by atoms with E-state index in [1.807, 2.05) is 27.7 Å². The van der Waals surface area contributed by atoms with Gasteiger partial charge in [-0.05, 0) is 79.1 Å². The number of rotatable bonds is 6. The molecule has 0 bridgehead atoms. The van der Waals surface area contributed by atoms with Crippen LogP contribution in [0.15, 0.2) is 23.3 Å². The first-order chi connectivity index (χ1) is 10.0. The van der Waals surface area contributed by atoms with Gasteiger partial charge in [-0.3, -0.25) is 0 Å². The molecule has 0 radical (unpaired) electrons. The molecule has 2 N–H and O–H groups in total. The number of allylic oxidation sites excluding steroid dienone is 4. The minimum absolute atomic E-state index is 0.573. The highest BCUT2D eigenvalue weighted by Crippen LogP contribution is 2.13. The standard InChI is InChI=1S/C20H30O2/c1-17(2)11-9-15-19(5,21)13-7-8-14-20(6,22)16-10-12-18(3)4/h11-12,21-22H,9-10,15-16H2,1-6H3. The molecule has 0 saturated carbocycles. The van der Waals surface area contributed by atoms with Gasteiger partial charge >= 0.3 is 0 Å². The molecular formula is C20H30O2. The maximum atomic E-state index is 10.1. The van der Waals surface area contributed by atoms with Crippen LogP contribution in [0, 0.1) is 23.7 Å². The second-order valence-electron chi connectivity index (χ2n) is 6.69. The van der Waals surface area contributed by atoms with E-state index < -0.39 is 11.2 Å². The van der Waals surface area contributed by atoms with Gasteiger partial charge < -0.3 is 10.2 Å². The molecule has 0 aliphatic heterocycles. The van der Waals surface area contributed by atoms with Gasteiger partial charge in [0.15, 0.2) is 0 Å². The summed E-state index contributed by atoms with van der Waals surface area (Å²) in [5.74, 6) is 10.8. The summed E-state index contributed by atoms with van der Waals surface area (Å²) in [5.41, 5.74) is 0.371. The van der Waals surface area contributed by atoms with Crippen molar-refractivity contribution < 1.29 is 10.2 Å². The lowest BCUT2D eigenvalue weighted by Crippen LogP contribution is -2.21. The summed E-state index contributed by atoms with van der Waals surface area (Å²) < 4.78 is 0. The third kappa shape index (κ3) is 12.3. The fourth-order valence-corrected chi connectivity index (χ4v) is 1.74. The lowest BCUT2D eigenvalue weighted by molar-refractivity contribution is 0.112. The minimum Gasteiger partial charge on any atom is -0.378 e. The molecule has 2 atom stereocenters. The van der Waals surface area contributed by atoms with Crippen molar-refractivity contribution in [2.45, 2.75) is 78.4 Å². The van der Waals surface area contributed by atoms with E-state index in [2.05, 4.69) is 35.8 Å². The second-order valence-corrected chi connectivity index (χ2v) is 6.69. The van der Waals surface area contributed by atoms with Crippen molar-refractivity contribution in [1.29, 1.82) is 0 Å². The van der Waals surface area contributed by atoms with E-state index >= 15 is 0 Å². The minimum atomic E-state index is -1.05. The molecule has 2 unspecified atom stereocenters. The summed E-state index contributed by atoms with van der Waals surface area (Å²) in [6.45, 7) is 11.5. The molecule has 2 nitrogen and oxygen atoms in total. The first kappa shape index (κ1) is 20.5. The fourth-order valence-electron chi connectivity index (χ4n) is 1.74. The Kier molecular flexibility index (Phi) is 8.88. The molecule has 2 heteroatoms. The lowest BCUT2D eigenvalue weighted by atomic mass is 9.99. The first-order valence-electron chi connectivity index (χ1n) is 7.80. The molecule has 22 heavy (non-hydrogen) atoms. The van der Waals surface area contributed by atoms with Gasteiger partial charge in [-0.15, -0.1) is 0 Å². The van der Waals surface area contributed by atoms with Crippen LogP contribution in [-0.4, -0.2) is 21.4 Å². The van der Waals surface area contributed by atoms with Crippen LogP contribution in [0.2, 0.25) is 0 Å². The van der Waals surface area contributed by atoms with Gasteiger partial charge in [-0.1, -0.05) is 35.1 Å². The zero-order valence-electron chi connectivity index (χ0n) is 14.9. The predicted molar refractivity (Wildman–Crippen MR) is 94.1 cm³/mol. The van der Waals surface area contributed by atoms with E-state index in [-0.39, 0.29) is 0 Å². The summed E-state index contributed by atoms with van der Waals surface area (Å²) in [4.78, 5) is 0. The van der Waals surface area contributed by atoms with Gasteiger partial charge in [-0.25, -0.2) is 0 Å². The summed E-state index contributed by atoms with van der Waals surface area (Å²) in [6.07, 6.45) is 6.88. The molecule has 0 heterocycles. The van der Waals surface area contributed by atoms with Crippen LogP contribution in [-0.2, 0) is 0 Å². The smallest absolute Gasteiger partial charge is 0.124 e. The van der Waals surface area contributed by atoms with Crippen molar-refractivity contribution in [3.63, 3.8) is 0 Å². The molecule has 0 aromatic rings. The van der Waals surface area contributed by atoms with Gasteiger partial charge in [0.25, 0.3) is 0 Å². The average Bonchev–Trinajstić information content (AvgIpc) is 2.33. The Morgan fingerprint density at radius 2 is 1.09 bits per heavy atom. The molecular weight excluding hydrogens is 272 g/mol. The monoisotopic (exact) mass is 302 g/mol. The maximum absolute atomic E-state index is 10.1. The Balaban J connectivity index is 4.54. The normalized spacial score (nSPS) is 15.1. The fraction of sp³-hybridized carbons (Fsp3) is 0.600. The second kappa shape index (κ2) is 9.52. The van der Waals surface area contributed by atoms with Gasteiger partial charge in [0.2, 0.25) is 0 Å². The predicted octanol–water partition coefficient (Wildman–Crippen LogP) is 3.99. The van der Waals surface area contributed by atoms with E-state index in [0.29, 0.717) is 12.8 Å². The Morgan fingerprint density at radius 1 is 0.773 bits per heavy atom. The van der Waals surface area contributed by atoms with Gasteiger partial charge in [0.05, 0.1) is 0 Å². The summed E-state index contributed by atoms with van der Waals surface area (Å²) in [7, 11) is 0. The van der Waals surface area contributed by atoms with E-state index in [0.717, 1.165) is 12.8 Å². The van der Waals surface area contributed by atoms with Crippen LogP contribution in [0.25, 0.3) is 0 Å². The molecule has 0 fully saturated rings. The summed E-state index contributed by atoms with van der Waals surface area (Å²) >= 11 is 0. The number of hydrogen-bond donors (Lipinski definition) is 2. The van der Waals surface area contributed by atoms with Crippen LogP contribution in [0.5, 0.6) is 0 Å². The van der Waals surface area contributed by atoms with Crippen molar-refractivity contribution in [1.82, 2.24) is 0 Å². The van der Waals surface area contributed by atoms with Crippen molar-refractivity contribution in [2.24, 2.45) is 0 Å². The molecule has 0 aliphatic rings. The zero-order valence-corrected chi connectivity index (χ0v) is 14.9. The Hall–Kier alpha value is -1.48. The van der Waals surface area contributed by atoms with E-state index in [1.54, 1.807) is 13.8 Å². The van der Waals surface area contributed by atoms with Crippen molar-refractivity contribution in [2.75, 3.05) is 0 Å². The molecule has 0 aromatic carbocycles. The van der Waals surface area contributed by atoms with Crippen LogP contribution >= 0.6 is 0 Å². The summed E-state index contributed by atoms with van der Waals surface area (Å²) in [5, 5.41) is 20.2. The third-order valence-corrected chi connectivity index (χ3v) is 3.09. The molecule has 0 amide bonds. The van der Waals surface area contributed by atoms with Crippen LogP contribution in [0.4, 0.5) is 0 Å². The molecule has 0 aromatic heterocycles. The Labute approximate surface area is 136 Å². The quantitative estimate of drug-likeness (QED) is 0.575. The van der Waals surface area contributed by atoms with Crippen molar-refractivity contribution in [3.05, 3.63) is 23.3 Å². The Morgan fingerprint density at radius 3 is 1.36 bits per heavy atom. The summed E-state index contributed by atoms with van der Waals surface area (Å²) in [6, 6.07) is 0. The van der Waals surface area contributed by atoms with E-state index in [9.17, 15) is 10.2 Å². The highest BCUT2D eigenvalue weighted by molar-refractivity contribution is 5.32. The van der Waals surface area contributed by atoms with Crippen molar-refractivity contribution >= 4 is 0 Å². The van der Waals surface area contributed by atoms with Gasteiger partial charge in [0.1, 0.15) is 11.2 Å². The highest BCUT2D eigenvalue weighted by atomic mass is 16.3. The van der Waals surface area contributed by atoms with E-state index in [1.165, 1.54) is 11.1 Å². The number of hydrogen-bond acceptors (Lipinski definition) is 2. The van der Waals surface area contributed by atoms with Gasteiger partial charge in [-0.2, -0.15) is 0 Å². The zero-order chi connectivity index (χ0) is 17.2. The molecule has 0 rings (SSSR count). The molecule has 0 spiro atoms. The van der Waals surface area contributed by atoms with Crippen LogP contribution in [0.1, 0.15) is 67.2 Å².